The van der Waals surface area contributed by atoms with Crippen LogP contribution in [-0.2, 0) is 6.18 Å². The quantitative estimate of drug-likeness (QED) is 0.675. The second-order valence-corrected chi connectivity index (χ2v) is 4.33. The second-order valence-electron chi connectivity index (χ2n) is 3.99. The monoisotopic (exact) mass is 317 g/mol. The number of para-hydroxylation sites is 1. The van der Waals surface area contributed by atoms with Gasteiger partial charge in [0.2, 0.25) is 5.28 Å². The Bertz CT molecular complexity index is 593. The van der Waals surface area contributed by atoms with Gasteiger partial charge in [0.05, 0.1) is 6.54 Å². The summed E-state index contributed by atoms with van der Waals surface area (Å²) in [5.74, 6) is 0.676. The predicted octanol–water partition coefficient (Wildman–Crippen LogP) is 3.64. The first-order valence-corrected chi connectivity index (χ1v) is 6.36. The number of benzene rings is 1. The van der Waals surface area contributed by atoms with Gasteiger partial charge in [0, 0.05) is 6.07 Å². The van der Waals surface area contributed by atoms with Crippen molar-refractivity contribution in [3.05, 3.63) is 47.4 Å². The standard InChI is InChI=1S/C13H11ClF3N3O/c14-12-19-10(13(15,16)17)8-11(20-12)18-6-7-21-9-4-2-1-3-5-9/h1-5,8H,6-7H2,(H,18,19,20). The fourth-order valence-corrected chi connectivity index (χ4v) is 1.70. The van der Waals surface area contributed by atoms with Gasteiger partial charge in [-0.3, -0.25) is 0 Å². The first kappa shape index (κ1) is 15.4. The maximum Gasteiger partial charge on any atom is 0.433 e. The molecule has 1 N–H and O–H groups in total. The Labute approximate surface area is 123 Å². The largest absolute Gasteiger partial charge is 0.492 e. The van der Waals surface area contributed by atoms with Gasteiger partial charge in [0.25, 0.3) is 0 Å². The minimum absolute atomic E-state index is 0.000938. The van der Waals surface area contributed by atoms with Gasteiger partial charge in [-0.05, 0) is 23.7 Å². The van der Waals surface area contributed by atoms with Crippen molar-refractivity contribution in [3.8, 4) is 5.75 Å². The maximum atomic E-state index is 12.6. The van der Waals surface area contributed by atoms with Gasteiger partial charge in [-0.25, -0.2) is 9.97 Å². The third-order valence-corrected chi connectivity index (χ3v) is 2.58. The highest BCUT2D eigenvalue weighted by molar-refractivity contribution is 6.28. The zero-order chi connectivity index (χ0) is 15.3. The van der Waals surface area contributed by atoms with Crippen LogP contribution in [0.15, 0.2) is 36.4 Å². The molecule has 8 heteroatoms. The Balaban J connectivity index is 1.90. The molecule has 0 aliphatic carbocycles. The van der Waals surface area contributed by atoms with E-state index in [4.69, 9.17) is 16.3 Å². The minimum atomic E-state index is -4.57. The molecule has 0 unspecified atom stereocenters. The van der Waals surface area contributed by atoms with Crippen LogP contribution in [0.4, 0.5) is 19.0 Å². The third kappa shape index (κ3) is 4.78. The van der Waals surface area contributed by atoms with Gasteiger partial charge in [-0.2, -0.15) is 13.2 Å². The molecule has 2 aromatic rings. The summed E-state index contributed by atoms with van der Waals surface area (Å²) in [6.45, 7) is 0.548. The van der Waals surface area contributed by atoms with E-state index in [-0.39, 0.29) is 19.0 Å². The Kier molecular flexibility index (Phi) is 4.85. The lowest BCUT2D eigenvalue weighted by molar-refractivity contribution is -0.141. The molecule has 1 aromatic heterocycles. The molecule has 0 fully saturated rings. The van der Waals surface area contributed by atoms with E-state index in [0.717, 1.165) is 6.07 Å². The lowest BCUT2D eigenvalue weighted by Gasteiger charge is -2.10. The van der Waals surface area contributed by atoms with E-state index in [9.17, 15) is 13.2 Å². The van der Waals surface area contributed by atoms with E-state index in [1.807, 2.05) is 18.2 Å². The van der Waals surface area contributed by atoms with Crippen molar-refractivity contribution < 1.29 is 17.9 Å². The molecule has 0 saturated carbocycles. The van der Waals surface area contributed by atoms with Crippen LogP contribution >= 0.6 is 11.6 Å². The Morgan fingerprint density at radius 3 is 2.52 bits per heavy atom. The molecule has 0 radical (unpaired) electrons. The predicted molar refractivity (Wildman–Crippen MR) is 72.5 cm³/mol. The van der Waals surface area contributed by atoms with Gasteiger partial charge in [0.1, 0.15) is 18.2 Å². The Hall–Kier alpha value is -2.02. The van der Waals surface area contributed by atoms with Gasteiger partial charge in [-0.1, -0.05) is 18.2 Å². The van der Waals surface area contributed by atoms with Crippen molar-refractivity contribution in [3.63, 3.8) is 0 Å². The maximum absolute atomic E-state index is 12.6. The number of hydrogen-bond acceptors (Lipinski definition) is 4. The van der Waals surface area contributed by atoms with Crippen molar-refractivity contribution in [2.24, 2.45) is 0 Å². The number of nitrogens with zero attached hydrogens (tertiary/aromatic N) is 2. The number of nitrogens with one attached hydrogen (secondary N) is 1. The molecule has 2 rings (SSSR count). The molecule has 1 aromatic carbocycles. The lowest BCUT2D eigenvalue weighted by atomic mass is 10.3. The van der Waals surface area contributed by atoms with Crippen LogP contribution in [0.2, 0.25) is 5.28 Å². The molecule has 0 saturated heterocycles. The smallest absolute Gasteiger partial charge is 0.433 e. The van der Waals surface area contributed by atoms with Crippen LogP contribution in [0, 0.1) is 0 Å². The van der Waals surface area contributed by atoms with Gasteiger partial charge >= 0.3 is 6.18 Å². The number of anilines is 1. The number of rotatable bonds is 5. The minimum Gasteiger partial charge on any atom is -0.492 e. The molecule has 1 heterocycles. The summed E-state index contributed by atoms with van der Waals surface area (Å²) in [5, 5.41) is 2.25. The Morgan fingerprint density at radius 1 is 1.14 bits per heavy atom. The average Bonchev–Trinajstić information content (AvgIpc) is 2.43. The highest BCUT2D eigenvalue weighted by Crippen LogP contribution is 2.29. The number of hydrogen-bond donors (Lipinski definition) is 1. The third-order valence-electron chi connectivity index (χ3n) is 2.41. The first-order valence-electron chi connectivity index (χ1n) is 5.98. The van der Waals surface area contributed by atoms with Crippen molar-refractivity contribution >= 4 is 17.4 Å². The average molecular weight is 318 g/mol. The molecular formula is C13H11ClF3N3O. The van der Waals surface area contributed by atoms with E-state index >= 15 is 0 Å². The zero-order valence-corrected chi connectivity index (χ0v) is 11.4. The van der Waals surface area contributed by atoms with Crippen LogP contribution in [0.25, 0.3) is 0 Å². The molecule has 0 bridgehead atoms. The van der Waals surface area contributed by atoms with Crippen molar-refractivity contribution in [2.45, 2.75) is 6.18 Å². The van der Waals surface area contributed by atoms with Crippen molar-refractivity contribution in [1.82, 2.24) is 9.97 Å². The fraction of sp³-hybridized carbons (Fsp3) is 0.231. The molecule has 112 valence electrons. The van der Waals surface area contributed by atoms with Gasteiger partial charge < -0.3 is 10.1 Å². The summed E-state index contributed by atoms with van der Waals surface area (Å²) < 4.78 is 43.1. The Morgan fingerprint density at radius 2 is 1.86 bits per heavy atom. The van der Waals surface area contributed by atoms with E-state index in [2.05, 4.69) is 15.3 Å². The molecule has 0 atom stereocenters. The topological polar surface area (TPSA) is 47.0 Å². The summed E-state index contributed by atoms with van der Waals surface area (Å²) >= 11 is 5.47. The van der Waals surface area contributed by atoms with Crippen molar-refractivity contribution in [2.75, 3.05) is 18.5 Å². The highest BCUT2D eigenvalue weighted by Gasteiger charge is 2.33. The first-order chi connectivity index (χ1) is 9.95. The van der Waals surface area contributed by atoms with Gasteiger partial charge in [-0.15, -0.1) is 0 Å². The van der Waals surface area contributed by atoms with E-state index in [1.54, 1.807) is 12.1 Å². The second kappa shape index (κ2) is 6.62. The van der Waals surface area contributed by atoms with Crippen LogP contribution in [0.1, 0.15) is 5.69 Å². The van der Waals surface area contributed by atoms with Gasteiger partial charge in [0.15, 0.2) is 5.69 Å². The molecule has 0 spiro atoms. The van der Waals surface area contributed by atoms with E-state index in [1.165, 1.54) is 0 Å². The number of alkyl halides is 3. The van der Waals surface area contributed by atoms with E-state index < -0.39 is 17.2 Å². The number of halogens is 4. The number of aromatic nitrogens is 2. The molecule has 0 aliphatic rings. The van der Waals surface area contributed by atoms with E-state index in [0.29, 0.717) is 5.75 Å². The van der Waals surface area contributed by atoms with Crippen LogP contribution in [-0.4, -0.2) is 23.1 Å². The van der Waals surface area contributed by atoms with Crippen LogP contribution in [0.5, 0.6) is 5.75 Å². The highest BCUT2D eigenvalue weighted by atomic mass is 35.5. The lowest BCUT2D eigenvalue weighted by Crippen LogP contribution is -2.15. The molecule has 0 amide bonds. The summed E-state index contributed by atoms with van der Waals surface area (Å²) in [6, 6.07) is 9.86. The van der Waals surface area contributed by atoms with Crippen LogP contribution in [0.3, 0.4) is 0 Å². The zero-order valence-electron chi connectivity index (χ0n) is 10.7. The normalized spacial score (nSPS) is 11.2. The summed E-state index contributed by atoms with van der Waals surface area (Å²) in [4.78, 5) is 6.82. The summed E-state index contributed by atoms with van der Waals surface area (Å²) in [5.41, 5.74) is -1.09. The molecule has 21 heavy (non-hydrogen) atoms. The fourth-order valence-electron chi connectivity index (χ4n) is 1.52. The molecular weight excluding hydrogens is 307 g/mol. The SMILES string of the molecule is FC(F)(F)c1cc(NCCOc2ccccc2)nc(Cl)n1. The van der Waals surface area contributed by atoms with Crippen LogP contribution < -0.4 is 10.1 Å². The van der Waals surface area contributed by atoms with Crippen molar-refractivity contribution in [1.29, 1.82) is 0 Å². The molecule has 0 aliphatic heterocycles. The summed E-state index contributed by atoms with van der Waals surface area (Å²) in [7, 11) is 0. The molecule has 4 nitrogen and oxygen atoms in total. The summed E-state index contributed by atoms with van der Waals surface area (Å²) in [6.07, 6.45) is -4.57. The number of ether oxygens (including phenoxy) is 1.